The molecule has 0 spiro atoms. The average Bonchev–Trinajstić information content (AvgIpc) is 3.16. The molecule has 1 atom stereocenters. The zero-order valence-electron chi connectivity index (χ0n) is 14.8. The van der Waals surface area contributed by atoms with Crippen LogP contribution in [0.25, 0.3) is 21.9 Å². The first-order valence-corrected chi connectivity index (χ1v) is 9.21. The van der Waals surface area contributed by atoms with Gasteiger partial charge in [-0.05, 0) is 37.1 Å². The van der Waals surface area contributed by atoms with Gasteiger partial charge >= 0.3 is 5.69 Å². The van der Waals surface area contributed by atoms with E-state index in [4.69, 9.17) is 0 Å². The van der Waals surface area contributed by atoms with E-state index in [2.05, 4.69) is 46.1 Å². The highest BCUT2D eigenvalue weighted by atomic mass is 16.1. The normalized spacial score (nSPS) is 17.8. The van der Waals surface area contributed by atoms with Crippen LogP contribution in [0.4, 0.5) is 0 Å². The molecular weight excluding hydrogens is 324 g/mol. The molecule has 3 heterocycles. The lowest BCUT2D eigenvalue weighted by molar-refractivity contribution is 0.176. The molecular formula is C21H22N4O. The molecule has 2 aromatic heterocycles. The fourth-order valence-corrected chi connectivity index (χ4v) is 4.26. The summed E-state index contributed by atoms with van der Waals surface area (Å²) in [6.45, 7) is 4.74. The van der Waals surface area contributed by atoms with E-state index in [-0.39, 0.29) is 5.69 Å². The molecule has 1 aliphatic rings. The summed E-state index contributed by atoms with van der Waals surface area (Å²) >= 11 is 0. The van der Waals surface area contributed by atoms with Crippen LogP contribution in [0.2, 0.25) is 0 Å². The van der Waals surface area contributed by atoms with E-state index in [0.29, 0.717) is 12.6 Å². The van der Waals surface area contributed by atoms with Crippen LogP contribution in [0.1, 0.15) is 18.2 Å². The summed E-state index contributed by atoms with van der Waals surface area (Å²) in [7, 11) is 0. The SMILES string of the molecule is CC1Cc2c([nH]c3ccccc23)CN1CCn1c(=O)[nH]c2ccccc21. The van der Waals surface area contributed by atoms with E-state index in [9.17, 15) is 4.79 Å². The van der Waals surface area contributed by atoms with Crippen LogP contribution >= 0.6 is 0 Å². The molecule has 5 nitrogen and oxygen atoms in total. The third-order valence-corrected chi connectivity index (χ3v) is 5.68. The summed E-state index contributed by atoms with van der Waals surface area (Å²) in [6, 6.07) is 16.9. The number of benzene rings is 2. The lowest BCUT2D eigenvalue weighted by Crippen LogP contribution is -2.40. The molecule has 5 rings (SSSR count). The number of aromatic nitrogens is 3. The molecule has 0 amide bonds. The molecule has 0 bridgehead atoms. The molecule has 0 saturated carbocycles. The molecule has 26 heavy (non-hydrogen) atoms. The second-order valence-electron chi connectivity index (χ2n) is 7.25. The maximum Gasteiger partial charge on any atom is 0.326 e. The van der Waals surface area contributed by atoms with Crippen LogP contribution in [0.3, 0.4) is 0 Å². The Morgan fingerprint density at radius 3 is 2.65 bits per heavy atom. The van der Waals surface area contributed by atoms with Crippen molar-refractivity contribution < 1.29 is 0 Å². The van der Waals surface area contributed by atoms with Crippen molar-refractivity contribution >= 4 is 21.9 Å². The van der Waals surface area contributed by atoms with Gasteiger partial charge in [0.1, 0.15) is 0 Å². The largest absolute Gasteiger partial charge is 0.357 e. The van der Waals surface area contributed by atoms with Crippen molar-refractivity contribution in [3.63, 3.8) is 0 Å². The minimum atomic E-state index is -0.0258. The number of aromatic amines is 2. The summed E-state index contributed by atoms with van der Waals surface area (Å²) in [5, 5.41) is 1.35. The number of fused-ring (bicyclic) bond motifs is 4. The molecule has 0 aliphatic carbocycles. The average molecular weight is 346 g/mol. The van der Waals surface area contributed by atoms with Gasteiger partial charge in [0.2, 0.25) is 0 Å². The molecule has 2 aromatic carbocycles. The number of hydrogen-bond acceptors (Lipinski definition) is 2. The molecule has 0 radical (unpaired) electrons. The van der Waals surface area contributed by atoms with Gasteiger partial charge in [-0.15, -0.1) is 0 Å². The maximum atomic E-state index is 12.3. The van der Waals surface area contributed by atoms with E-state index in [1.54, 1.807) is 0 Å². The second kappa shape index (κ2) is 5.88. The molecule has 4 aromatic rings. The number of nitrogens with zero attached hydrogens (tertiary/aromatic N) is 2. The molecule has 1 aliphatic heterocycles. The van der Waals surface area contributed by atoms with Crippen LogP contribution in [0, 0.1) is 0 Å². The van der Waals surface area contributed by atoms with Crippen LogP contribution in [0.15, 0.2) is 53.3 Å². The van der Waals surface area contributed by atoms with Crippen molar-refractivity contribution in [2.75, 3.05) is 6.54 Å². The van der Waals surface area contributed by atoms with E-state index < -0.39 is 0 Å². The fourth-order valence-electron chi connectivity index (χ4n) is 4.26. The highest BCUT2D eigenvalue weighted by Gasteiger charge is 2.25. The third-order valence-electron chi connectivity index (χ3n) is 5.68. The van der Waals surface area contributed by atoms with Crippen LogP contribution < -0.4 is 5.69 Å². The molecule has 132 valence electrons. The smallest absolute Gasteiger partial charge is 0.326 e. The number of imidazole rings is 1. The number of hydrogen-bond donors (Lipinski definition) is 2. The lowest BCUT2D eigenvalue weighted by Gasteiger charge is -2.33. The first-order valence-electron chi connectivity index (χ1n) is 9.21. The second-order valence-corrected chi connectivity index (χ2v) is 7.25. The summed E-state index contributed by atoms with van der Waals surface area (Å²) in [5.74, 6) is 0. The summed E-state index contributed by atoms with van der Waals surface area (Å²) in [5.41, 5.74) is 5.85. The Balaban J connectivity index is 1.41. The van der Waals surface area contributed by atoms with E-state index >= 15 is 0 Å². The van der Waals surface area contributed by atoms with E-state index in [0.717, 1.165) is 30.5 Å². The zero-order valence-corrected chi connectivity index (χ0v) is 14.8. The van der Waals surface area contributed by atoms with Crippen LogP contribution in [0.5, 0.6) is 0 Å². The van der Waals surface area contributed by atoms with Crippen molar-refractivity contribution in [3.05, 3.63) is 70.3 Å². The number of nitrogens with one attached hydrogen (secondary N) is 2. The lowest BCUT2D eigenvalue weighted by atomic mass is 9.98. The third kappa shape index (κ3) is 2.39. The van der Waals surface area contributed by atoms with Gasteiger partial charge in [-0.25, -0.2) is 4.79 Å². The fraction of sp³-hybridized carbons (Fsp3) is 0.286. The number of rotatable bonds is 3. The molecule has 0 fully saturated rings. The predicted molar refractivity (Wildman–Crippen MR) is 104 cm³/mol. The molecule has 0 saturated heterocycles. The Kier molecular flexibility index (Phi) is 3.50. The highest BCUT2D eigenvalue weighted by molar-refractivity contribution is 5.84. The Morgan fingerprint density at radius 1 is 1.00 bits per heavy atom. The summed E-state index contributed by atoms with van der Waals surface area (Å²) in [6.07, 6.45) is 1.04. The highest BCUT2D eigenvalue weighted by Crippen LogP contribution is 2.30. The predicted octanol–water partition coefficient (Wildman–Crippen LogP) is 3.26. The van der Waals surface area contributed by atoms with Gasteiger partial charge in [-0.1, -0.05) is 30.3 Å². The number of H-pyrrole nitrogens is 2. The molecule has 5 heteroatoms. The minimum Gasteiger partial charge on any atom is -0.357 e. The summed E-state index contributed by atoms with van der Waals surface area (Å²) < 4.78 is 1.85. The molecule has 2 N–H and O–H groups in total. The Morgan fingerprint density at radius 2 is 1.77 bits per heavy atom. The van der Waals surface area contributed by atoms with Gasteiger partial charge in [0.05, 0.1) is 11.0 Å². The summed E-state index contributed by atoms with van der Waals surface area (Å²) in [4.78, 5) is 21.3. The Hall–Kier alpha value is -2.79. The van der Waals surface area contributed by atoms with E-state index in [1.807, 2.05) is 28.8 Å². The van der Waals surface area contributed by atoms with E-state index in [1.165, 1.54) is 22.2 Å². The van der Waals surface area contributed by atoms with Crippen molar-refractivity contribution in [3.8, 4) is 0 Å². The Labute approximate surface area is 151 Å². The van der Waals surface area contributed by atoms with Crippen molar-refractivity contribution in [1.82, 2.24) is 19.4 Å². The standard InChI is InChI=1S/C21H22N4O/c1-14-12-16-15-6-2-3-7-17(15)22-19(16)13-24(14)10-11-25-20-9-5-4-8-18(20)23-21(25)26/h2-9,14,22H,10-13H2,1H3,(H,23,26). The van der Waals surface area contributed by atoms with Crippen LogP contribution in [-0.2, 0) is 19.5 Å². The van der Waals surface area contributed by atoms with Gasteiger partial charge in [-0.2, -0.15) is 0 Å². The minimum absolute atomic E-state index is 0.0258. The topological polar surface area (TPSA) is 56.8 Å². The maximum absolute atomic E-state index is 12.3. The Bertz CT molecular complexity index is 1150. The van der Waals surface area contributed by atoms with Gasteiger partial charge in [0.15, 0.2) is 0 Å². The van der Waals surface area contributed by atoms with Gasteiger partial charge in [0, 0.05) is 42.3 Å². The molecule has 1 unspecified atom stereocenters. The number of para-hydroxylation sites is 3. The first kappa shape index (κ1) is 15.5. The first-order chi connectivity index (χ1) is 12.7. The zero-order chi connectivity index (χ0) is 17.7. The van der Waals surface area contributed by atoms with Gasteiger partial charge in [0.25, 0.3) is 0 Å². The monoisotopic (exact) mass is 346 g/mol. The van der Waals surface area contributed by atoms with Gasteiger partial charge < -0.3 is 9.97 Å². The van der Waals surface area contributed by atoms with Crippen molar-refractivity contribution in [2.45, 2.75) is 32.5 Å². The van der Waals surface area contributed by atoms with Crippen molar-refractivity contribution in [2.24, 2.45) is 0 Å². The quantitative estimate of drug-likeness (QED) is 0.598. The van der Waals surface area contributed by atoms with Crippen LogP contribution in [-0.4, -0.2) is 32.0 Å². The van der Waals surface area contributed by atoms with Gasteiger partial charge in [-0.3, -0.25) is 9.47 Å². The van der Waals surface area contributed by atoms with Crippen molar-refractivity contribution in [1.29, 1.82) is 0 Å².